The zero-order valence-corrected chi connectivity index (χ0v) is 20.0. The van der Waals surface area contributed by atoms with Gasteiger partial charge in [0.2, 0.25) is 0 Å². The molecule has 0 saturated heterocycles. The predicted octanol–water partition coefficient (Wildman–Crippen LogP) is 7.35. The first-order chi connectivity index (χ1) is 12.8. The van der Waals surface area contributed by atoms with Gasteiger partial charge in [0.1, 0.15) is 0 Å². The van der Waals surface area contributed by atoms with Gasteiger partial charge in [-0.1, -0.05) is 52.8 Å². The predicted molar refractivity (Wildman–Crippen MR) is 123 cm³/mol. The molecule has 0 bridgehead atoms. The Kier molecular flexibility index (Phi) is 5.76. The van der Waals surface area contributed by atoms with E-state index in [-0.39, 0.29) is 0 Å². The lowest BCUT2D eigenvalue weighted by atomic mass is 9.66. The van der Waals surface area contributed by atoms with Gasteiger partial charge in [-0.25, -0.2) is 0 Å². The first-order valence-corrected chi connectivity index (χ1v) is 11.7. The van der Waals surface area contributed by atoms with Crippen molar-refractivity contribution in [2.75, 3.05) is 20.6 Å². The van der Waals surface area contributed by atoms with Crippen LogP contribution in [0.15, 0.2) is 24.8 Å². The highest BCUT2D eigenvalue weighted by atomic mass is 15.0. The molecule has 160 valence electrons. The average molecular weight is 386 g/mol. The second kappa shape index (κ2) is 7.29. The van der Waals surface area contributed by atoms with Crippen LogP contribution in [-0.4, -0.2) is 25.5 Å². The molecule has 0 heterocycles. The quantitative estimate of drug-likeness (QED) is 0.447. The molecule has 4 saturated carbocycles. The molecule has 4 fully saturated rings. The van der Waals surface area contributed by atoms with Gasteiger partial charge < -0.3 is 4.90 Å². The van der Waals surface area contributed by atoms with Gasteiger partial charge in [0, 0.05) is 6.54 Å². The van der Waals surface area contributed by atoms with E-state index in [4.69, 9.17) is 0 Å². The van der Waals surface area contributed by atoms with Crippen LogP contribution in [0.4, 0.5) is 0 Å². The molecule has 0 aliphatic heterocycles. The summed E-state index contributed by atoms with van der Waals surface area (Å²) in [5.74, 6) is 2.92. The summed E-state index contributed by atoms with van der Waals surface area (Å²) in [6, 6.07) is 0. The Labute approximate surface area is 176 Å². The summed E-state index contributed by atoms with van der Waals surface area (Å²) in [6.45, 7) is 21.5. The number of allylic oxidation sites excluding steroid dienone is 1. The first-order valence-electron chi connectivity index (χ1n) is 11.7. The number of fused-ring (bicyclic) bond motifs is 2. The summed E-state index contributed by atoms with van der Waals surface area (Å²) in [5, 5.41) is 0. The molecular formula is C27H47N. The van der Waals surface area contributed by atoms with Crippen molar-refractivity contribution < 1.29 is 0 Å². The lowest BCUT2D eigenvalue weighted by molar-refractivity contribution is 0.124. The highest BCUT2D eigenvalue weighted by molar-refractivity contribution is 5.12. The summed E-state index contributed by atoms with van der Waals surface area (Å²) in [5.41, 5.74) is 3.87. The van der Waals surface area contributed by atoms with Gasteiger partial charge in [-0.3, -0.25) is 0 Å². The molecule has 0 N–H and O–H groups in total. The fourth-order valence-electron chi connectivity index (χ4n) is 7.05. The maximum Gasteiger partial charge on any atom is 0.0184 e. The summed E-state index contributed by atoms with van der Waals surface area (Å²) >= 11 is 0. The maximum atomic E-state index is 4.27. The van der Waals surface area contributed by atoms with E-state index in [0.29, 0.717) is 16.2 Å². The van der Waals surface area contributed by atoms with Crippen LogP contribution < -0.4 is 0 Å². The van der Waals surface area contributed by atoms with Crippen LogP contribution in [0.2, 0.25) is 0 Å². The lowest BCUT2D eigenvalue weighted by Gasteiger charge is -2.39. The van der Waals surface area contributed by atoms with Crippen LogP contribution in [0.1, 0.15) is 86.0 Å². The standard InChI is InChI=1S/C16H29N.C11H18/c1-12(10-17(5)6)7-13-8-15(2,3)11-16(4)9-14(13)16;1-4-10(2)5-6-11(3)8-9(11)7-10/h13-14H,1,7-11H2,2-6H3;4,9H,1,5-8H2,2-3H3. The number of likely N-dealkylation sites (N-methyl/N-ethyl adjacent to an activating group) is 1. The van der Waals surface area contributed by atoms with Crippen LogP contribution in [0, 0.1) is 39.4 Å². The summed E-state index contributed by atoms with van der Waals surface area (Å²) < 4.78 is 0. The Morgan fingerprint density at radius 3 is 2.21 bits per heavy atom. The fraction of sp³-hybridized carbons (Fsp3) is 0.852. The monoisotopic (exact) mass is 385 g/mol. The molecule has 4 aliphatic carbocycles. The Morgan fingerprint density at radius 2 is 1.64 bits per heavy atom. The van der Waals surface area contributed by atoms with Crippen LogP contribution in [0.3, 0.4) is 0 Å². The topological polar surface area (TPSA) is 3.24 Å². The Morgan fingerprint density at radius 1 is 0.964 bits per heavy atom. The third-order valence-electron chi connectivity index (χ3n) is 8.79. The average Bonchev–Trinajstić information content (AvgIpc) is 3.40. The molecule has 0 aromatic rings. The summed E-state index contributed by atoms with van der Waals surface area (Å²) in [6.07, 6.45) is 13.4. The Balaban J connectivity index is 0.000000176. The molecule has 0 radical (unpaired) electrons. The van der Waals surface area contributed by atoms with Crippen LogP contribution >= 0.6 is 0 Å². The van der Waals surface area contributed by atoms with Crippen molar-refractivity contribution in [2.45, 2.75) is 86.0 Å². The molecule has 0 aromatic carbocycles. The van der Waals surface area contributed by atoms with Crippen LogP contribution in [0.25, 0.3) is 0 Å². The zero-order valence-electron chi connectivity index (χ0n) is 20.0. The Hall–Kier alpha value is -0.560. The molecule has 28 heavy (non-hydrogen) atoms. The van der Waals surface area contributed by atoms with Gasteiger partial charge in [0.15, 0.2) is 0 Å². The van der Waals surface area contributed by atoms with Gasteiger partial charge in [0.25, 0.3) is 0 Å². The van der Waals surface area contributed by atoms with E-state index in [1.54, 1.807) is 0 Å². The summed E-state index contributed by atoms with van der Waals surface area (Å²) in [4.78, 5) is 2.24. The Bertz CT molecular complexity index is 613. The van der Waals surface area contributed by atoms with E-state index < -0.39 is 0 Å². The van der Waals surface area contributed by atoms with E-state index >= 15 is 0 Å². The summed E-state index contributed by atoms with van der Waals surface area (Å²) in [7, 11) is 4.27. The van der Waals surface area contributed by atoms with E-state index in [1.165, 1.54) is 56.9 Å². The number of hydrogen-bond donors (Lipinski definition) is 0. The minimum absolute atomic E-state index is 0.473. The number of hydrogen-bond acceptors (Lipinski definition) is 1. The minimum Gasteiger partial charge on any atom is -0.305 e. The molecule has 1 heteroatoms. The molecule has 0 spiro atoms. The van der Waals surface area contributed by atoms with Gasteiger partial charge in [-0.15, -0.1) is 6.58 Å². The van der Waals surface area contributed by atoms with Gasteiger partial charge in [0.05, 0.1) is 0 Å². The van der Waals surface area contributed by atoms with E-state index in [1.807, 2.05) is 0 Å². The highest BCUT2D eigenvalue weighted by Gasteiger charge is 2.59. The van der Waals surface area contributed by atoms with Crippen molar-refractivity contribution >= 4 is 0 Å². The highest BCUT2D eigenvalue weighted by Crippen LogP contribution is 2.68. The molecule has 1 nitrogen and oxygen atoms in total. The van der Waals surface area contributed by atoms with Crippen molar-refractivity contribution in [1.82, 2.24) is 4.90 Å². The third kappa shape index (κ3) is 4.94. The fourth-order valence-corrected chi connectivity index (χ4v) is 7.05. The van der Waals surface area contributed by atoms with Crippen LogP contribution in [0.5, 0.6) is 0 Å². The largest absolute Gasteiger partial charge is 0.305 e. The van der Waals surface area contributed by atoms with E-state index in [2.05, 4.69) is 72.8 Å². The van der Waals surface area contributed by atoms with Gasteiger partial charge >= 0.3 is 0 Å². The smallest absolute Gasteiger partial charge is 0.0184 e. The second-order valence-electron chi connectivity index (χ2n) is 13.1. The third-order valence-corrected chi connectivity index (χ3v) is 8.79. The van der Waals surface area contributed by atoms with Crippen molar-refractivity contribution in [3.8, 4) is 0 Å². The normalized spacial score (nSPS) is 45.2. The lowest BCUT2D eigenvalue weighted by Crippen LogP contribution is -2.30. The van der Waals surface area contributed by atoms with E-state index in [9.17, 15) is 0 Å². The maximum absolute atomic E-state index is 4.27. The van der Waals surface area contributed by atoms with Gasteiger partial charge in [-0.2, -0.15) is 0 Å². The molecule has 6 atom stereocenters. The number of nitrogens with zero attached hydrogens (tertiary/aromatic N) is 1. The van der Waals surface area contributed by atoms with Crippen molar-refractivity contribution in [3.63, 3.8) is 0 Å². The van der Waals surface area contributed by atoms with Crippen molar-refractivity contribution in [1.29, 1.82) is 0 Å². The SMILES string of the molecule is C=C(CC1CC(C)(C)CC2(C)CC12)CN(C)C.C=CC1(C)CCC2(C)CC2C1. The molecule has 4 rings (SSSR count). The van der Waals surface area contributed by atoms with Crippen molar-refractivity contribution in [2.24, 2.45) is 39.4 Å². The molecule has 6 unspecified atom stereocenters. The molecular weight excluding hydrogens is 338 g/mol. The second-order valence-corrected chi connectivity index (χ2v) is 13.1. The molecule has 0 aromatic heterocycles. The zero-order chi connectivity index (χ0) is 21.0. The number of rotatable bonds is 5. The van der Waals surface area contributed by atoms with Crippen LogP contribution in [-0.2, 0) is 0 Å². The van der Waals surface area contributed by atoms with Gasteiger partial charge in [-0.05, 0) is 105 Å². The van der Waals surface area contributed by atoms with E-state index in [0.717, 1.165) is 29.7 Å². The minimum atomic E-state index is 0.473. The molecule has 0 amide bonds. The first kappa shape index (κ1) is 22.1. The molecule has 4 aliphatic rings. The van der Waals surface area contributed by atoms with Crippen molar-refractivity contribution in [3.05, 3.63) is 24.8 Å².